The first-order valence-electron chi connectivity index (χ1n) is 8.81. The van der Waals surface area contributed by atoms with Crippen molar-refractivity contribution in [2.75, 3.05) is 0 Å². The molecule has 0 aromatic heterocycles. The van der Waals surface area contributed by atoms with Gasteiger partial charge in [-0.25, -0.2) is 0 Å². The maximum atomic E-state index is 11.7. The summed E-state index contributed by atoms with van der Waals surface area (Å²) in [6.07, 6.45) is 5.50. The van der Waals surface area contributed by atoms with Crippen molar-refractivity contribution in [2.24, 2.45) is 17.3 Å². The molecule has 1 saturated heterocycles. The Morgan fingerprint density at radius 3 is 2.35 bits per heavy atom. The van der Waals surface area contributed by atoms with Gasteiger partial charge >= 0.3 is 11.9 Å². The molecule has 3 aliphatic rings. The topological polar surface area (TPSA) is 61.8 Å². The Labute approximate surface area is 138 Å². The third-order valence-electron chi connectivity index (χ3n) is 6.29. The Hall–Kier alpha value is -1.10. The summed E-state index contributed by atoms with van der Waals surface area (Å²) < 4.78 is 17.6. The van der Waals surface area contributed by atoms with Crippen LogP contribution in [0.15, 0.2) is 0 Å². The van der Waals surface area contributed by atoms with Crippen molar-refractivity contribution < 1.29 is 23.8 Å². The third kappa shape index (κ3) is 2.77. The van der Waals surface area contributed by atoms with Crippen LogP contribution >= 0.6 is 0 Å². The lowest BCUT2D eigenvalue weighted by Gasteiger charge is -2.55. The van der Waals surface area contributed by atoms with Gasteiger partial charge in [-0.2, -0.15) is 0 Å². The van der Waals surface area contributed by atoms with Crippen LogP contribution in [0.5, 0.6) is 0 Å². The summed E-state index contributed by atoms with van der Waals surface area (Å²) in [5, 5.41) is 0. The van der Waals surface area contributed by atoms with E-state index in [1.807, 2.05) is 6.92 Å². The number of ether oxygens (including phenoxy) is 3. The number of hydrogen-bond acceptors (Lipinski definition) is 5. The highest BCUT2D eigenvalue weighted by Gasteiger charge is 2.63. The fourth-order valence-corrected chi connectivity index (χ4v) is 5.34. The zero-order chi connectivity index (χ0) is 16.8. The molecule has 1 aliphatic heterocycles. The van der Waals surface area contributed by atoms with Crippen molar-refractivity contribution in [3.8, 4) is 0 Å². The van der Waals surface area contributed by atoms with E-state index in [0.29, 0.717) is 12.3 Å². The molecule has 0 aromatic carbocycles. The predicted octanol–water partition coefficient (Wildman–Crippen LogP) is 3.20. The second-order valence-electron chi connectivity index (χ2n) is 7.81. The molecule has 2 aliphatic carbocycles. The minimum Gasteiger partial charge on any atom is -0.462 e. The summed E-state index contributed by atoms with van der Waals surface area (Å²) in [6, 6.07) is 0. The van der Waals surface area contributed by atoms with E-state index < -0.39 is 5.79 Å². The highest BCUT2D eigenvalue weighted by molar-refractivity contribution is 5.67. The summed E-state index contributed by atoms with van der Waals surface area (Å²) in [6.45, 7) is 7.21. The highest BCUT2D eigenvalue weighted by atomic mass is 16.7. The molecule has 23 heavy (non-hydrogen) atoms. The molecule has 2 saturated carbocycles. The first-order chi connectivity index (χ1) is 10.8. The van der Waals surface area contributed by atoms with Crippen molar-refractivity contribution in [3.63, 3.8) is 0 Å². The van der Waals surface area contributed by atoms with Crippen molar-refractivity contribution in [1.82, 2.24) is 0 Å². The highest BCUT2D eigenvalue weighted by Crippen LogP contribution is 2.61. The zero-order valence-electron chi connectivity index (χ0n) is 14.6. The van der Waals surface area contributed by atoms with Crippen LogP contribution in [0.1, 0.15) is 66.2 Å². The second-order valence-corrected chi connectivity index (χ2v) is 7.81. The lowest BCUT2D eigenvalue weighted by Crippen LogP contribution is -2.59. The van der Waals surface area contributed by atoms with Crippen molar-refractivity contribution in [3.05, 3.63) is 0 Å². The van der Waals surface area contributed by atoms with Crippen LogP contribution in [0.25, 0.3) is 0 Å². The average molecular weight is 324 g/mol. The molecule has 0 bridgehead atoms. The first-order valence-corrected chi connectivity index (χ1v) is 8.81. The molecular formula is C18H28O5. The Bertz CT molecular complexity index is 504. The van der Waals surface area contributed by atoms with E-state index in [-0.39, 0.29) is 35.5 Å². The fourth-order valence-electron chi connectivity index (χ4n) is 5.34. The van der Waals surface area contributed by atoms with Gasteiger partial charge in [-0.3, -0.25) is 9.59 Å². The van der Waals surface area contributed by atoms with Crippen molar-refractivity contribution >= 4 is 11.9 Å². The minimum atomic E-state index is -0.779. The van der Waals surface area contributed by atoms with Crippen LogP contribution < -0.4 is 0 Å². The minimum absolute atomic E-state index is 0.0281. The monoisotopic (exact) mass is 324 g/mol. The summed E-state index contributed by atoms with van der Waals surface area (Å²) in [5.74, 6) is -0.697. The molecule has 4 unspecified atom stereocenters. The summed E-state index contributed by atoms with van der Waals surface area (Å²) >= 11 is 0. The van der Waals surface area contributed by atoms with E-state index in [4.69, 9.17) is 14.2 Å². The number of hydrogen-bond donors (Lipinski definition) is 0. The fraction of sp³-hybridized carbons (Fsp3) is 0.889. The summed E-state index contributed by atoms with van der Waals surface area (Å²) in [4.78, 5) is 23.1. The van der Waals surface area contributed by atoms with Gasteiger partial charge in [-0.15, -0.1) is 0 Å². The van der Waals surface area contributed by atoms with Gasteiger partial charge in [0.15, 0.2) is 0 Å². The van der Waals surface area contributed by atoms with Gasteiger partial charge in [0.05, 0.1) is 6.10 Å². The molecule has 130 valence electrons. The van der Waals surface area contributed by atoms with Crippen LogP contribution in [0.2, 0.25) is 0 Å². The van der Waals surface area contributed by atoms with Crippen molar-refractivity contribution in [1.29, 1.82) is 0 Å². The van der Waals surface area contributed by atoms with Gasteiger partial charge in [0, 0.05) is 31.6 Å². The van der Waals surface area contributed by atoms with Crippen LogP contribution in [0.4, 0.5) is 0 Å². The molecule has 3 rings (SSSR count). The Balaban J connectivity index is 1.88. The molecule has 0 spiro atoms. The largest absolute Gasteiger partial charge is 0.462 e. The predicted molar refractivity (Wildman–Crippen MR) is 83.4 cm³/mol. The van der Waals surface area contributed by atoms with Crippen LogP contribution in [0.3, 0.4) is 0 Å². The van der Waals surface area contributed by atoms with Gasteiger partial charge in [0.1, 0.15) is 6.10 Å². The smallest absolute Gasteiger partial charge is 0.305 e. The molecule has 0 aromatic rings. The van der Waals surface area contributed by atoms with Crippen LogP contribution in [-0.2, 0) is 23.8 Å². The molecule has 5 heteroatoms. The Morgan fingerprint density at radius 1 is 1.00 bits per heavy atom. The van der Waals surface area contributed by atoms with Gasteiger partial charge in [-0.1, -0.05) is 6.92 Å². The standard InChI is InChI=1S/C18H28O5/c1-11-5-6-15-14-7-8-16(21-12(2)19)17(14,4)9-10-18(15,22-11)23-13(3)20/h11,14-16H,5-10H2,1-4H3/t11?,14?,15?,16-,17-,18?/m0/s1. The molecule has 0 radical (unpaired) electrons. The third-order valence-corrected chi connectivity index (χ3v) is 6.29. The molecule has 6 atom stereocenters. The number of fused-ring (bicyclic) bond motifs is 3. The number of esters is 2. The zero-order valence-corrected chi connectivity index (χ0v) is 14.6. The van der Waals surface area contributed by atoms with Crippen LogP contribution in [-0.4, -0.2) is 29.9 Å². The molecule has 1 heterocycles. The number of rotatable bonds is 2. The molecule has 0 N–H and O–H groups in total. The summed E-state index contributed by atoms with van der Waals surface area (Å²) in [7, 11) is 0. The number of carbonyl (C=O) groups excluding carboxylic acids is 2. The molecule has 0 amide bonds. The summed E-state index contributed by atoms with van der Waals surface area (Å²) in [5.41, 5.74) is -0.0378. The van der Waals surface area contributed by atoms with E-state index >= 15 is 0 Å². The van der Waals surface area contributed by atoms with E-state index in [1.54, 1.807) is 0 Å². The SMILES string of the molecule is CC(=O)O[C@H]1CCC2C3CCC(C)OC3(OC(C)=O)CC[C@@]21C. The molecule has 5 nitrogen and oxygen atoms in total. The lowest BCUT2D eigenvalue weighted by molar-refractivity contribution is -0.321. The van der Waals surface area contributed by atoms with Crippen LogP contribution in [0, 0.1) is 17.3 Å². The van der Waals surface area contributed by atoms with Gasteiger partial charge in [0.2, 0.25) is 5.79 Å². The molecule has 3 fully saturated rings. The Morgan fingerprint density at radius 2 is 1.70 bits per heavy atom. The van der Waals surface area contributed by atoms with Crippen molar-refractivity contribution in [2.45, 2.75) is 84.2 Å². The van der Waals surface area contributed by atoms with E-state index in [0.717, 1.165) is 32.1 Å². The maximum Gasteiger partial charge on any atom is 0.305 e. The molecular weight excluding hydrogens is 296 g/mol. The lowest BCUT2D eigenvalue weighted by atomic mass is 9.59. The maximum absolute atomic E-state index is 11.7. The number of carbonyl (C=O) groups is 2. The van der Waals surface area contributed by atoms with Gasteiger partial charge in [0.25, 0.3) is 0 Å². The van der Waals surface area contributed by atoms with Gasteiger partial charge in [-0.05, 0) is 44.9 Å². The van der Waals surface area contributed by atoms with E-state index in [9.17, 15) is 9.59 Å². The average Bonchev–Trinajstić information content (AvgIpc) is 2.74. The first kappa shape index (κ1) is 16.7. The van der Waals surface area contributed by atoms with E-state index in [1.165, 1.54) is 13.8 Å². The van der Waals surface area contributed by atoms with Gasteiger partial charge < -0.3 is 14.2 Å². The Kier molecular flexibility index (Phi) is 4.20. The second kappa shape index (κ2) is 5.76. The normalized spacial score (nSPS) is 45.7. The van der Waals surface area contributed by atoms with E-state index in [2.05, 4.69) is 6.92 Å². The quantitative estimate of drug-likeness (QED) is 0.730.